The highest BCUT2D eigenvalue weighted by Gasteiger charge is 2.11. The molecule has 110 valence electrons. The number of alkyl halides is 1. The molecule has 1 aromatic heterocycles. The Kier molecular flexibility index (Phi) is 5.09. The molecular weight excluding hydrogens is 364 g/mol. The first-order chi connectivity index (χ1) is 9.40. The van der Waals surface area contributed by atoms with Crippen molar-refractivity contribution >= 4 is 48.4 Å². The predicted octanol–water partition coefficient (Wildman–Crippen LogP) is 3.01. The van der Waals surface area contributed by atoms with Gasteiger partial charge in [0.2, 0.25) is 0 Å². The van der Waals surface area contributed by atoms with Crippen molar-refractivity contribution in [3.8, 4) is 0 Å². The number of halogens is 2. The standard InChI is InChI=1S/C13H16BrClN2O2S/c1-20(18,19)8-2-7-17-12-4-3-10(14)9-11(12)16-13(17)5-6-15/h3-4,9H,2,5-8H2,1H3. The molecule has 20 heavy (non-hydrogen) atoms. The second-order valence-corrected chi connectivity index (χ2v) is 8.29. The fourth-order valence-corrected chi connectivity index (χ4v) is 3.33. The number of rotatable bonds is 6. The Bertz CT molecular complexity index is 712. The van der Waals surface area contributed by atoms with Crippen molar-refractivity contribution in [2.75, 3.05) is 17.9 Å². The maximum absolute atomic E-state index is 11.2. The van der Waals surface area contributed by atoms with E-state index in [-0.39, 0.29) is 5.75 Å². The number of imidazole rings is 1. The van der Waals surface area contributed by atoms with Crippen molar-refractivity contribution in [3.63, 3.8) is 0 Å². The molecule has 1 aromatic carbocycles. The molecule has 0 fully saturated rings. The smallest absolute Gasteiger partial charge is 0.147 e. The Balaban J connectivity index is 2.31. The van der Waals surface area contributed by atoms with Crippen molar-refractivity contribution in [1.82, 2.24) is 9.55 Å². The SMILES string of the molecule is CS(=O)(=O)CCCn1c(CCCl)nc2cc(Br)ccc21. The molecule has 0 spiro atoms. The Morgan fingerprint density at radius 2 is 2.15 bits per heavy atom. The molecule has 0 aliphatic rings. The summed E-state index contributed by atoms with van der Waals surface area (Å²) in [6, 6.07) is 5.91. The van der Waals surface area contributed by atoms with Crippen molar-refractivity contribution in [2.24, 2.45) is 0 Å². The molecule has 0 amide bonds. The summed E-state index contributed by atoms with van der Waals surface area (Å²) in [6.07, 6.45) is 2.51. The number of aryl methyl sites for hydroxylation is 2. The quantitative estimate of drug-likeness (QED) is 0.725. The van der Waals surface area contributed by atoms with E-state index in [1.54, 1.807) is 0 Å². The van der Waals surface area contributed by atoms with Gasteiger partial charge in [0.1, 0.15) is 15.7 Å². The molecule has 4 nitrogen and oxygen atoms in total. The third-order valence-corrected chi connectivity index (χ3v) is 4.72. The monoisotopic (exact) mass is 378 g/mol. The fraction of sp³-hybridized carbons (Fsp3) is 0.462. The highest BCUT2D eigenvalue weighted by atomic mass is 79.9. The van der Waals surface area contributed by atoms with E-state index in [2.05, 4.69) is 25.5 Å². The molecule has 2 aromatic rings. The highest BCUT2D eigenvalue weighted by molar-refractivity contribution is 9.10. The largest absolute Gasteiger partial charge is 0.328 e. The van der Waals surface area contributed by atoms with Gasteiger partial charge in [-0.1, -0.05) is 15.9 Å². The van der Waals surface area contributed by atoms with Gasteiger partial charge in [-0.15, -0.1) is 11.6 Å². The summed E-state index contributed by atoms with van der Waals surface area (Å²) in [5.41, 5.74) is 1.92. The Morgan fingerprint density at radius 3 is 2.80 bits per heavy atom. The summed E-state index contributed by atoms with van der Waals surface area (Å²) in [5, 5.41) is 0. The Labute approximate surface area is 132 Å². The number of hydrogen-bond donors (Lipinski definition) is 0. The maximum atomic E-state index is 11.2. The number of hydrogen-bond acceptors (Lipinski definition) is 3. The minimum atomic E-state index is -2.93. The average molecular weight is 380 g/mol. The first kappa shape index (κ1) is 15.8. The lowest BCUT2D eigenvalue weighted by atomic mass is 10.3. The number of benzene rings is 1. The molecule has 0 radical (unpaired) electrons. The maximum Gasteiger partial charge on any atom is 0.147 e. The number of nitrogens with zero attached hydrogens (tertiary/aromatic N) is 2. The highest BCUT2D eigenvalue weighted by Crippen LogP contribution is 2.22. The van der Waals surface area contributed by atoms with E-state index in [1.807, 2.05) is 18.2 Å². The molecular formula is C13H16BrClN2O2S. The summed E-state index contributed by atoms with van der Waals surface area (Å²) < 4.78 is 25.5. The van der Waals surface area contributed by atoms with Crippen LogP contribution in [-0.4, -0.2) is 35.9 Å². The van der Waals surface area contributed by atoms with Gasteiger partial charge >= 0.3 is 0 Å². The molecule has 0 aliphatic heterocycles. The summed E-state index contributed by atoms with van der Waals surface area (Å²) >= 11 is 9.24. The van der Waals surface area contributed by atoms with Crippen LogP contribution in [-0.2, 0) is 22.8 Å². The summed E-state index contributed by atoms with van der Waals surface area (Å²) in [4.78, 5) is 4.58. The van der Waals surface area contributed by atoms with Crippen LogP contribution in [0.25, 0.3) is 11.0 Å². The average Bonchev–Trinajstić information content (AvgIpc) is 2.65. The second kappa shape index (κ2) is 6.45. The summed E-state index contributed by atoms with van der Waals surface area (Å²) in [6.45, 7) is 0.636. The summed E-state index contributed by atoms with van der Waals surface area (Å²) in [5.74, 6) is 1.58. The zero-order chi connectivity index (χ0) is 14.8. The van der Waals surface area contributed by atoms with Crippen LogP contribution in [0.1, 0.15) is 12.2 Å². The molecule has 0 unspecified atom stereocenters. The van der Waals surface area contributed by atoms with Crippen molar-refractivity contribution in [2.45, 2.75) is 19.4 Å². The van der Waals surface area contributed by atoms with Gasteiger partial charge in [0.25, 0.3) is 0 Å². The normalized spacial score (nSPS) is 12.2. The molecule has 0 saturated carbocycles. The van der Waals surface area contributed by atoms with Gasteiger partial charge in [-0.3, -0.25) is 0 Å². The van der Waals surface area contributed by atoms with Gasteiger partial charge in [0.05, 0.1) is 16.8 Å². The molecule has 0 aliphatic carbocycles. The fourth-order valence-electron chi connectivity index (χ4n) is 2.16. The molecule has 7 heteroatoms. The predicted molar refractivity (Wildman–Crippen MR) is 86.2 cm³/mol. The van der Waals surface area contributed by atoms with Gasteiger partial charge < -0.3 is 4.57 Å². The molecule has 0 saturated heterocycles. The van der Waals surface area contributed by atoms with Crippen LogP contribution in [0.5, 0.6) is 0 Å². The van der Waals surface area contributed by atoms with Gasteiger partial charge in [-0.2, -0.15) is 0 Å². The van der Waals surface area contributed by atoms with Gasteiger partial charge in [-0.05, 0) is 24.6 Å². The van der Waals surface area contributed by atoms with Gasteiger partial charge in [-0.25, -0.2) is 13.4 Å². The zero-order valence-electron chi connectivity index (χ0n) is 11.1. The van der Waals surface area contributed by atoms with Crippen molar-refractivity contribution in [1.29, 1.82) is 0 Å². The van der Waals surface area contributed by atoms with E-state index in [0.29, 0.717) is 25.3 Å². The molecule has 1 heterocycles. The minimum Gasteiger partial charge on any atom is -0.328 e. The topological polar surface area (TPSA) is 52.0 Å². The second-order valence-electron chi connectivity index (χ2n) is 4.74. The summed E-state index contributed by atoms with van der Waals surface area (Å²) in [7, 11) is -2.93. The first-order valence-electron chi connectivity index (χ1n) is 6.29. The van der Waals surface area contributed by atoms with Crippen LogP contribution in [0.3, 0.4) is 0 Å². The molecule has 0 N–H and O–H groups in total. The number of fused-ring (bicyclic) bond motifs is 1. The van der Waals surface area contributed by atoms with E-state index < -0.39 is 9.84 Å². The van der Waals surface area contributed by atoms with Crippen LogP contribution in [0.15, 0.2) is 22.7 Å². The van der Waals surface area contributed by atoms with Gasteiger partial charge in [0, 0.05) is 29.6 Å². The van der Waals surface area contributed by atoms with E-state index >= 15 is 0 Å². The molecule has 0 atom stereocenters. The first-order valence-corrected chi connectivity index (χ1v) is 9.68. The van der Waals surface area contributed by atoms with Crippen LogP contribution >= 0.6 is 27.5 Å². The lowest BCUT2D eigenvalue weighted by Gasteiger charge is -2.08. The zero-order valence-corrected chi connectivity index (χ0v) is 14.3. The van der Waals surface area contributed by atoms with E-state index in [1.165, 1.54) is 6.26 Å². The number of aromatic nitrogens is 2. The lowest BCUT2D eigenvalue weighted by molar-refractivity contribution is 0.590. The molecule has 0 bridgehead atoms. The Morgan fingerprint density at radius 1 is 1.40 bits per heavy atom. The number of sulfone groups is 1. The lowest BCUT2D eigenvalue weighted by Crippen LogP contribution is -2.10. The van der Waals surface area contributed by atoms with E-state index in [4.69, 9.17) is 11.6 Å². The minimum absolute atomic E-state index is 0.184. The Hall–Kier alpha value is -0.590. The molecule has 2 rings (SSSR count). The van der Waals surface area contributed by atoms with Crippen LogP contribution in [0.2, 0.25) is 0 Å². The third kappa shape index (κ3) is 3.96. The van der Waals surface area contributed by atoms with Crippen molar-refractivity contribution < 1.29 is 8.42 Å². The van der Waals surface area contributed by atoms with Crippen LogP contribution < -0.4 is 0 Å². The third-order valence-electron chi connectivity index (χ3n) is 3.00. The van der Waals surface area contributed by atoms with Crippen LogP contribution in [0.4, 0.5) is 0 Å². The van der Waals surface area contributed by atoms with E-state index in [9.17, 15) is 8.42 Å². The van der Waals surface area contributed by atoms with Gasteiger partial charge in [0.15, 0.2) is 0 Å². The van der Waals surface area contributed by atoms with Crippen molar-refractivity contribution in [3.05, 3.63) is 28.5 Å². The van der Waals surface area contributed by atoms with Crippen LogP contribution in [0, 0.1) is 0 Å². The van der Waals surface area contributed by atoms with E-state index in [0.717, 1.165) is 21.3 Å².